The molecule has 5 heteroatoms. The van der Waals surface area contributed by atoms with Gasteiger partial charge in [-0.25, -0.2) is 0 Å². The zero-order valence-electron chi connectivity index (χ0n) is 12.5. The molecule has 19 heavy (non-hydrogen) atoms. The first-order valence-electron chi connectivity index (χ1n) is 6.81. The maximum atomic E-state index is 11.7. The number of hydrogen-bond donors (Lipinski definition) is 1. The summed E-state index contributed by atoms with van der Waals surface area (Å²) in [4.78, 5) is 14.1. The van der Waals surface area contributed by atoms with E-state index in [0.717, 1.165) is 38.3 Å². The fourth-order valence-corrected chi connectivity index (χ4v) is 2.91. The van der Waals surface area contributed by atoms with Gasteiger partial charge in [-0.05, 0) is 18.8 Å². The number of hydrogen-bond acceptors (Lipinski definition) is 4. The molecule has 1 rings (SSSR count). The van der Waals surface area contributed by atoms with Crippen molar-refractivity contribution in [2.45, 2.75) is 40.7 Å². The lowest BCUT2D eigenvalue weighted by atomic mass is 9.96. The summed E-state index contributed by atoms with van der Waals surface area (Å²) >= 11 is 1.26. The number of nitrogens with zero attached hydrogens (tertiary/aromatic N) is 2. The summed E-state index contributed by atoms with van der Waals surface area (Å²) in [5.41, 5.74) is 1.26. The Bertz CT molecular complexity index is 431. The molecule has 0 bridgehead atoms. The average Bonchev–Trinajstić information content (AvgIpc) is 2.61. The van der Waals surface area contributed by atoms with E-state index in [1.807, 2.05) is 16.9 Å². The summed E-state index contributed by atoms with van der Waals surface area (Å²) in [6, 6.07) is 0. The zero-order chi connectivity index (χ0) is 14.5. The fraction of sp³-hybridized carbons (Fsp3) is 0.786. The SMILES string of the molecule is Cc1csc(=O)n1CCN(CCCO)CC(C)(C)C. The van der Waals surface area contributed by atoms with Crippen molar-refractivity contribution in [2.24, 2.45) is 5.41 Å². The first-order chi connectivity index (χ1) is 8.83. The molecule has 1 heterocycles. The van der Waals surface area contributed by atoms with Crippen molar-refractivity contribution in [1.29, 1.82) is 0 Å². The largest absolute Gasteiger partial charge is 0.396 e. The van der Waals surface area contributed by atoms with Gasteiger partial charge in [-0.3, -0.25) is 4.79 Å². The van der Waals surface area contributed by atoms with Gasteiger partial charge in [0.1, 0.15) is 0 Å². The quantitative estimate of drug-likeness (QED) is 0.833. The van der Waals surface area contributed by atoms with Gasteiger partial charge in [0.15, 0.2) is 0 Å². The van der Waals surface area contributed by atoms with E-state index in [1.165, 1.54) is 11.3 Å². The van der Waals surface area contributed by atoms with Crippen molar-refractivity contribution >= 4 is 11.3 Å². The molecule has 1 aromatic rings. The standard InChI is InChI=1S/C14H26N2O2S/c1-12-10-19-13(18)16(12)8-7-15(6-5-9-17)11-14(2,3)4/h10,17H,5-9,11H2,1-4H3. The van der Waals surface area contributed by atoms with Crippen molar-refractivity contribution in [3.63, 3.8) is 0 Å². The molecule has 110 valence electrons. The smallest absolute Gasteiger partial charge is 0.307 e. The fourth-order valence-electron chi connectivity index (χ4n) is 2.15. The van der Waals surface area contributed by atoms with Gasteiger partial charge in [0.2, 0.25) is 0 Å². The Labute approximate surface area is 119 Å². The summed E-state index contributed by atoms with van der Waals surface area (Å²) in [6.07, 6.45) is 0.785. The minimum absolute atomic E-state index is 0.121. The van der Waals surface area contributed by atoms with Crippen LogP contribution in [0.25, 0.3) is 0 Å². The van der Waals surface area contributed by atoms with Crippen molar-refractivity contribution in [3.8, 4) is 0 Å². The molecule has 0 aliphatic carbocycles. The van der Waals surface area contributed by atoms with Crippen LogP contribution in [0.1, 0.15) is 32.9 Å². The van der Waals surface area contributed by atoms with Gasteiger partial charge in [-0.1, -0.05) is 32.1 Å². The maximum Gasteiger partial charge on any atom is 0.307 e. The molecule has 0 atom stereocenters. The Kier molecular flexibility index (Phi) is 6.23. The first kappa shape index (κ1) is 16.4. The van der Waals surface area contributed by atoms with Gasteiger partial charge in [-0.15, -0.1) is 0 Å². The maximum absolute atomic E-state index is 11.7. The van der Waals surface area contributed by atoms with Crippen LogP contribution in [0.5, 0.6) is 0 Å². The van der Waals surface area contributed by atoms with E-state index < -0.39 is 0 Å². The Balaban J connectivity index is 2.59. The monoisotopic (exact) mass is 286 g/mol. The summed E-state index contributed by atoms with van der Waals surface area (Å²) in [7, 11) is 0. The molecule has 0 amide bonds. The first-order valence-corrected chi connectivity index (χ1v) is 7.69. The molecule has 0 aliphatic heterocycles. The van der Waals surface area contributed by atoms with Gasteiger partial charge in [0, 0.05) is 43.9 Å². The van der Waals surface area contributed by atoms with E-state index in [1.54, 1.807) is 0 Å². The van der Waals surface area contributed by atoms with Gasteiger partial charge >= 0.3 is 4.87 Å². The molecule has 0 unspecified atom stereocenters. The number of aliphatic hydroxyl groups excluding tert-OH is 1. The molecule has 0 aromatic carbocycles. The topological polar surface area (TPSA) is 45.5 Å². The van der Waals surface area contributed by atoms with Crippen LogP contribution in [0.2, 0.25) is 0 Å². The van der Waals surface area contributed by atoms with Gasteiger partial charge in [0.25, 0.3) is 0 Å². The summed E-state index contributed by atoms with van der Waals surface area (Å²) in [6.45, 7) is 12.3. The lowest BCUT2D eigenvalue weighted by Crippen LogP contribution is -2.37. The number of rotatable bonds is 7. The van der Waals surface area contributed by atoms with Crippen molar-refractivity contribution in [3.05, 3.63) is 20.7 Å². The Morgan fingerprint density at radius 3 is 2.53 bits per heavy atom. The average molecular weight is 286 g/mol. The molecule has 0 aliphatic rings. The van der Waals surface area contributed by atoms with Crippen LogP contribution in [0, 0.1) is 12.3 Å². The second kappa shape index (κ2) is 7.22. The van der Waals surface area contributed by atoms with Crippen LogP contribution >= 0.6 is 11.3 Å². The van der Waals surface area contributed by atoms with Crippen LogP contribution in [0.15, 0.2) is 10.2 Å². The second-order valence-corrected chi connectivity index (χ2v) is 7.03. The normalized spacial score (nSPS) is 12.3. The van der Waals surface area contributed by atoms with E-state index in [-0.39, 0.29) is 16.9 Å². The zero-order valence-corrected chi connectivity index (χ0v) is 13.3. The van der Waals surface area contributed by atoms with Gasteiger partial charge < -0.3 is 14.6 Å². The number of thiazole rings is 1. The highest BCUT2D eigenvalue weighted by molar-refractivity contribution is 7.07. The number of aliphatic hydroxyl groups is 1. The minimum Gasteiger partial charge on any atom is -0.396 e. The second-order valence-electron chi connectivity index (χ2n) is 6.21. The van der Waals surface area contributed by atoms with E-state index >= 15 is 0 Å². The minimum atomic E-state index is 0.121. The van der Waals surface area contributed by atoms with Gasteiger partial charge in [0.05, 0.1) is 0 Å². The molecule has 0 fully saturated rings. The number of aryl methyl sites for hydroxylation is 1. The molecule has 0 saturated carbocycles. The molecule has 4 nitrogen and oxygen atoms in total. The Hall–Kier alpha value is -0.650. The molecule has 0 saturated heterocycles. The van der Waals surface area contributed by atoms with E-state index in [9.17, 15) is 4.79 Å². The molecule has 0 spiro atoms. The third-order valence-electron chi connectivity index (χ3n) is 2.95. The van der Waals surface area contributed by atoms with E-state index in [4.69, 9.17) is 5.11 Å². The van der Waals surface area contributed by atoms with Crippen LogP contribution in [-0.2, 0) is 6.54 Å². The highest BCUT2D eigenvalue weighted by Gasteiger charge is 2.16. The molecule has 1 aromatic heterocycles. The summed E-state index contributed by atoms with van der Waals surface area (Å²) in [5.74, 6) is 0. The highest BCUT2D eigenvalue weighted by atomic mass is 32.1. The number of aromatic nitrogens is 1. The van der Waals surface area contributed by atoms with Crippen LogP contribution in [0.3, 0.4) is 0 Å². The van der Waals surface area contributed by atoms with Crippen LogP contribution in [-0.4, -0.2) is 40.8 Å². The van der Waals surface area contributed by atoms with Crippen molar-refractivity contribution < 1.29 is 5.11 Å². The summed E-state index contributed by atoms with van der Waals surface area (Å²) in [5, 5.41) is 10.9. The predicted molar refractivity (Wildman–Crippen MR) is 80.9 cm³/mol. The van der Waals surface area contributed by atoms with Crippen molar-refractivity contribution in [1.82, 2.24) is 9.47 Å². The molecular weight excluding hydrogens is 260 g/mol. The molecule has 0 radical (unpaired) electrons. The Morgan fingerprint density at radius 2 is 2.05 bits per heavy atom. The lowest BCUT2D eigenvalue weighted by Gasteiger charge is -2.30. The lowest BCUT2D eigenvalue weighted by molar-refractivity contribution is 0.167. The molecule has 1 N–H and O–H groups in total. The third kappa shape index (κ3) is 5.89. The van der Waals surface area contributed by atoms with E-state index in [0.29, 0.717) is 0 Å². The highest BCUT2D eigenvalue weighted by Crippen LogP contribution is 2.15. The van der Waals surface area contributed by atoms with Crippen molar-refractivity contribution in [2.75, 3.05) is 26.2 Å². The Morgan fingerprint density at radius 1 is 1.37 bits per heavy atom. The third-order valence-corrected chi connectivity index (χ3v) is 3.83. The molecular formula is C14H26N2O2S. The summed E-state index contributed by atoms with van der Waals surface area (Å²) < 4.78 is 1.83. The van der Waals surface area contributed by atoms with Crippen LogP contribution in [0.4, 0.5) is 0 Å². The van der Waals surface area contributed by atoms with E-state index in [2.05, 4.69) is 25.7 Å². The van der Waals surface area contributed by atoms with Gasteiger partial charge in [-0.2, -0.15) is 0 Å². The predicted octanol–water partition coefficient (Wildman–Crippen LogP) is 1.95. The van der Waals surface area contributed by atoms with Crippen LogP contribution < -0.4 is 4.87 Å².